The second-order valence-electron chi connectivity index (χ2n) is 2.65. The van der Waals surface area contributed by atoms with E-state index in [2.05, 4.69) is 29.8 Å². The molecule has 0 aliphatic heterocycles. The summed E-state index contributed by atoms with van der Waals surface area (Å²) in [6.45, 7) is 4.22. The third-order valence-electron chi connectivity index (χ3n) is 1.47. The number of hydrogen-bond acceptors (Lipinski definition) is 2. The molecule has 0 fully saturated rings. The van der Waals surface area contributed by atoms with E-state index in [1.54, 1.807) is 0 Å². The quantitative estimate of drug-likeness (QED) is 0.715. The molecular weight excluding hydrogens is 224 g/mol. The van der Waals surface area contributed by atoms with Crippen molar-refractivity contribution in [1.29, 1.82) is 0 Å². The lowest BCUT2D eigenvalue weighted by molar-refractivity contribution is 0.112. The molecule has 0 N–H and O–H groups in total. The summed E-state index contributed by atoms with van der Waals surface area (Å²) in [7, 11) is 0. The summed E-state index contributed by atoms with van der Waals surface area (Å²) in [5, 5.41) is 0. The SMILES string of the molecule is CC(C)c1cc(C=O)sc1Br. The zero-order chi connectivity index (χ0) is 8.43. The Hall–Kier alpha value is -0.150. The summed E-state index contributed by atoms with van der Waals surface area (Å²) in [5.74, 6) is 0.481. The van der Waals surface area contributed by atoms with Gasteiger partial charge in [0.1, 0.15) is 0 Å². The molecule has 0 aliphatic rings. The van der Waals surface area contributed by atoms with Crippen LogP contribution in [-0.2, 0) is 0 Å². The number of aldehydes is 1. The topological polar surface area (TPSA) is 17.1 Å². The number of carbonyl (C=O) groups is 1. The first-order chi connectivity index (χ1) is 5.15. The standard InChI is InChI=1S/C8H9BrOS/c1-5(2)7-3-6(4-10)11-8(7)9/h3-5H,1-2H3. The fourth-order valence-electron chi connectivity index (χ4n) is 0.854. The summed E-state index contributed by atoms with van der Waals surface area (Å²) in [6, 6.07) is 1.94. The molecule has 0 atom stereocenters. The largest absolute Gasteiger partial charge is 0.297 e. The van der Waals surface area contributed by atoms with Gasteiger partial charge in [0.15, 0.2) is 6.29 Å². The molecule has 11 heavy (non-hydrogen) atoms. The Balaban J connectivity index is 3.06. The predicted molar refractivity (Wildman–Crippen MR) is 51.5 cm³/mol. The first-order valence-corrected chi connectivity index (χ1v) is 5.00. The second kappa shape index (κ2) is 3.50. The number of hydrogen-bond donors (Lipinski definition) is 0. The highest BCUT2D eigenvalue weighted by Gasteiger charge is 2.08. The van der Waals surface area contributed by atoms with Gasteiger partial charge in [-0.15, -0.1) is 11.3 Å². The van der Waals surface area contributed by atoms with Crippen LogP contribution in [0.4, 0.5) is 0 Å². The van der Waals surface area contributed by atoms with Crippen molar-refractivity contribution in [3.63, 3.8) is 0 Å². The number of thiophene rings is 1. The summed E-state index contributed by atoms with van der Waals surface area (Å²) >= 11 is 4.91. The minimum absolute atomic E-state index is 0.481. The van der Waals surface area contributed by atoms with Crippen LogP contribution in [-0.4, -0.2) is 6.29 Å². The minimum Gasteiger partial charge on any atom is -0.297 e. The van der Waals surface area contributed by atoms with Crippen molar-refractivity contribution < 1.29 is 4.79 Å². The van der Waals surface area contributed by atoms with Gasteiger partial charge in [-0.3, -0.25) is 4.79 Å². The maximum atomic E-state index is 10.4. The Kier molecular flexibility index (Phi) is 2.84. The van der Waals surface area contributed by atoms with E-state index in [0.29, 0.717) is 5.92 Å². The Bertz CT molecular complexity index is 265. The summed E-state index contributed by atoms with van der Waals surface area (Å²) < 4.78 is 1.08. The normalized spacial score (nSPS) is 10.5. The molecule has 0 amide bonds. The molecule has 1 heterocycles. The van der Waals surface area contributed by atoms with Crippen LogP contribution in [0.2, 0.25) is 0 Å². The first-order valence-electron chi connectivity index (χ1n) is 3.39. The van der Waals surface area contributed by atoms with Crippen molar-refractivity contribution in [3.8, 4) is 0 Å². The van der Waals surface area contributed by atoms with Gasteiger partial charge < -0.3 is 0 Å². The van der Waals surface area contributed by atoms with E-state index in [9.17, 15) is 4.79 Å². The van der Waals surface area contributed by atoms with E-state index in [1.165, 1.54) is 16.9 Å². The van der Waals surface area contributed by atoms with Gasteiger partial charge in [0.2, 0.25) is 0 Å². The Morgan fingerprint density at radius 3 is 2.55 bits per heavy atom. The Labute approximate surface area is 78.6 Å². The maximum absolute atomic E-state index is 10.4. The molecule has 1 aromatic heterocycles. The molecule has 0 bridgehead atoms. The summed E-state index contributed by atoms with van der Waals surface area (Å²) in [4.78, 5) is 11.2. The highest BCUT2D eigenvalue weighted by Crippen LogP contribution is 2.32. The van der Waals surface area contributed by atoms with Crippen LogP contribution in [0.25, 0.3) is 0 Å². The van der Waals surface area contributed by atoms with E-state index in [0.717, 1.165) is 14.9 Å². The fourth-order valence-corrected chi connectivity index (χ4v) is 2.84. The number of rotatable bonds is 2. The van der Waals surface area contributed by atoms with Gasteiger partial charge in [-0.1, -0.05) is 13.8 Å². The van der Waals surface area contributed by atoms with Crippen LogP contribution < -0.4 is 0 Å². The highest BCUT2D eigenvalue weighted by molar-refractivity contribution is 9.11. The lowest BCUT2D eigenvalue weighted by atomic mass is 10.1. The molecule has 0 radical (unpaired) electrons. The van der Waals surface area contributed by atoms with E-state index in [4.69, 9.17) is 0 Å². The molecule has 3 heteroatoms. The van der Waals surface area contributed by atoms with E-state index >= 15 is 0 Å². The average Bonchev–Trinajstić information content (AvgIpc) is 2.30. The lowest BCUT2D eigenvalue weighted by Gasteiger charge is -1.99. The third-order valence-corrected chi connectivity index (χ3v) is 3.28. The predicted octanol–water partition coefficient (Wildman–Crippen LogP) is 3.45. The van der Waals surface area contributed by atoms with Crippen molar-refractivity contribution >= 4 is 33.6 Å². The van der Waals surface area contributed by atoms with E-state index in [-0.39, 0.29) is 0 Å². The number of carbonyl (C=O) groups excluding carboxylic acids is 1. The van der Waals surface area contributed by atoms with Crippen molar-refractivity contribution in [2.45, 2.75) is 19.8 Å². The fraction of sp³-hybridized carbons (Fsp3) is 0.375. The van der Waals surface area contributed by atoms with Crippen LogP contribution in [0.1, 0.15) is 35.0 Å². The van der Waals surface area contributed by atoms with Gasteiger partial charge in [-0.2, -0.15) is 0 Å². The summed E-state index contributed by atoms with van der Waals surface area (Å²) in [6.07, 6.45) is 0.890. The highest BCUT2D eigenvalue weighted by atomic mass is 79.9. The van der Waals surface area contributed by atoms with Gasteiger partial charge in [-0.25, -0.2) is 0 Å². The van der Waals surface area contributed by atoms with Gasteiger partial charge in [0, 0.05) is 0 Å². The van der Waals surface area contributed by atoms with E-state index in [1.807, 2.05) is 6.07 Å². The molecule has 0 spiro atoms. The molecule has 1 rings (SSSR count). The lowest BCUT2D eigenvalue weighted by Crippen LogP contribution is -1.82. The van der Waals surface area contributed by atoms with Gasteiger partial charge in [-0.05, 0) is 33.5 Å². The zero-order valence-corrected chi connectivity index (χ0v) is 8.83. The van der Waals surface area contributed by atoms with E-state index < -0.39 is 0 Å². The van der Waals surface area contributed by atoms with Crippen LogP contribution in [0, 0.1) is 0 Å². The van der Waals surface area contributed by atoms with Crippen molar-refractivity contribution in [2.24, 2.45) is 0 Å². The van der Waals surface area contributed by atoms with Crippen molar-refractivity contribution in [1.82, 2.24) is 0 Å². The van der Waals surface area contributed by atoms with Gasteiger partial charge in [0.05, 0.1) is 8.66 Å². The molecular formula is C8H9BrOS. The number of halogens is 1. The van der Waals surface area contributed by atoms with Crippen molar-refractivity contribution in [2.75, 3.05) is 0 Å². The van der Waals surface area contributed by atoms with Crippen LogP contribution in [0.5, 0.6) is 0 Å². The molecule has 60 valence electrons. The second-order valence-corrected chi connectivity index (χ2v) is 5.05. The van der Waals surface area contributed by atoms with Crippen LogP contribution in [0.3, 0.4) is 0 Å². The molecule has 0 saturated carbocycles. The molecule has 0 aliphatic carbocycles. The first kappa shape index (κ1) is 8.94. The maximum Gasteiger partial charge on any atom is 0.160 e. The van der Waals surface area contributed by atoms with Crippen LogP contribution >= 0.6 is 27.3 Å². The summed E-state index contributed by atoms with van der Waals surface area (Å²) in [5.41, 5.74) is 1.22. The minimum atomic E-state index is 0.481. The Morgan fingerprint density at radius 2 is 2.27 bits per heavy atom. The molecule has 1 aromatic rings. The Morgan fingerprint density at radius 1 is 1.64 bits per heavy atom. The monoisotopic (exact) mass is 232 g/mol. The zero-order valence-electron chi connectivity index (χ0n) is 6.43. The molecule has 1 nitrogen and oxygen atoms in total. The third kappa shape index (κ3) is 1.91. The average molecular weight is 233 g/mol. The molecule has 0 aromatic carbocycles. The molecule has 0 unspecified atom stereocenters. The van der Waals surface area contributed by atoms with Gasteiger partial charge in [0.25, 0.3) is 0 Å². The van der Waals surface area contributed by atoms with Crippen molar-refractivity contribution in [3.05, 3.63) is 20.3 Å². The smallest absolute Gasteiger partial charge is 0.160 e. The molecule has 0 saturated heterocycles. The van der Waals surface area contributed by atoms with Crippen LogP contribution in [0.15, 0.2) is 9.85 Å². The van der Waals surface area contributed by atoms with Gasteiger partial charge >= 0.3 is 0 Å².